The molecule has 1 aromatic heterocycles. The Hall–Kier alpha value is -1.71. The van der Waals surface area contributed by atoms with E-state index in [1.807, 2.05) is 13.1 Å². The molecule has 3 nitrogen and oxygen atoms in total. The zero-order valence-electron chi connectivity index (χ0n) is 11.1. The summed E-state index contributed by atoms with van der Waals surface area (Å²) >= 11 is 0. The number of hydrogen-bond donors (Lipinski definition) is 1. The van der Waals surface area contributed by atoms with Crippen LogP contribution in [0.1, 0.15) is 22.9 Å². The van der Waals surface area contributed by atoms with Gasteiger partial charge >= 0.3 is 0 Å². The van der Waals surface area contributed by atoms with Crippen LogP contribution in [0.15, 0.2) is 36.5 Å². The van der Waals surface area contributed by atoms with Gasteiger partial charge in [0.25, 0.3) is 0 Å². The van der Waals surface area contributed by atoms with E-state index in [0.29, 0.717) is 6.54 Å². The monoisotopic (exact) mass is 254 g/mol. The number of benzene rings is 1. The predicted molar refractivity (Wildman–Crippen MR) is 75.9 cm³/mol. The van der Waals surface area contributed by atoms with Gasteiger partial charge in [0.2, 0.25) is 0 Å². The van der Waals surface area contributed by atoms with Crippen molar-refractivity contribution in [2.75, 3.05) is 13.2 Å². The lowest BCUT2D eigenvalue weighted by molar-refractivity contribution is 0.0486. The molecule has 0 bridgehead atoms. The van der Waals surface area contributed by atoms with E-state index < -0.39 is 0 Å². The smallest absolute Gasteiger partial charge is 0.0950 e. The Morgan fingerprint density at radius 3 is 3.05 bits per heavy atom. The summed E-state index contributed by atoms with van der Waals surface area (Å²) in [4.78, 5) is 4.26. The first-order valence-electron chi connectivity index (χ1n) is 6.66. The number of fused-ring (bicyclic) bond motifs is 1. The van der Waals surface area contributed by atoms with Crippen LogP contribution in [0.4, 0.5) is 0 Å². The molecule has 2 N–H and O–H groups in total. The highest BCUT2D eigenvalue weighted by Gasteiger charge is 2.21. The molecule has 3 rings (SSSR count). The molecule has 1 aliphatic heterocycles. The molecule has 19 heavy (non-hydrogen) atoms. The number of aromatic nitrogens is 1. The second-order valence-electron chi connectivity index (χ2n) is 4.90. The highest BCUT2D eigenvalue weighted by Crippen LogP contribution is 2.34. The number of hydrogen-bond acceptors (Lipinski definition) is 3. The Labute approximate surface area is 113 Å². The number of rotatable bonds is 2. The molecule has 1 atom stereocenters. The van der Waals surface area contributed by atoms with Gasteiger partial charge in [0.05, 0.1) is 12.7 Å². The number of pyridine rings is 1. The summed E-state index contributed by atoms with van der Waals surface area (Å²) in [5.41, 5.74) is 11.9. The first-order chi connectivity index (χ1) is 9.29. The minimum absolute atomic E-state index is 0.0339. The van der Waals surface area contributed by atoms with Gasteiger partial charge < -0.3 is 10.5 Å². The largest absolute Gasteiger partial charge is 0.372 e. The minimum atomic E-state index is 0.0339. The molecule has 0 saturated heterocycles. The van der Waals surface area contributed by atoms with Crippen molar-refractivity contribution in [3.63, 3.8) is 0 Å². The summed E-state index contributed by atoms with van der Waals surface area (Å²) in [5.74, 6) is 0. The van der Waals surface area contributed by atoms with Crippen LogP contribution in [0.3, 0.4) is 0 Å². The second kappa shape index (κ2) is 5.11. The first kappa shape index (κ1) is 12.3. The average Bonchev–Trinajstić information content (AvgIpc) is 2.46. The van der Waals surface area contributed by atoms with Gasteiger partial charge in [-0.15, -0.1) is 0 Å². The molecule has 2 heterocycles. The molecule has 2 aromatic rings. The Bertz CT molecular complexity index is 595. The van der Waals surface area contributed by atoms with Gasteiger partial charge in [-0.3, -0.25) is 4.98 Å². The van der Waals surface area contributed by atoms with Crippen LogP contribution in [-0.4, -0.2) is 18.1 Å². The average molecular weight is 254 g/mol. The maximum Gasteiger partial charge on any atom is 0.0950 e. The van der Waals surface area contributed by atoms with E-state index in [-0.39, 0.29) is 6.10 Å². The van der Waals surface area contributed by atoms with Crippen molar-refractivity contribution < 1.29 is 4.74 Å². The Kier molecular flexibility index (Phi) is 3.32. The van der Waals surface area contributed by atoms with E-state index in [1.54, 1.807) is 0 Å². The van der Waals surface area contributed by atoms with Gasteiger partial charge in [-0.25, -0.2) is 0 Å². The molecule has 0 amide bonds. The van der Waals surface area contributed by atoms with E-state index in [2.05, 4.69) is 35.3 Å². The molecular formula is C16H18N2O. The standard InChI is InChI=1S/C16H18N2O/c1-11-9-12(5-7-18-11)13-3-2-4-15-14(13)6-8-19-16(15)10-17/h2-5,7,9,16H,6,8,10,17H2,1H3. The van der Waals surface area contributed by atoms with Crippen molar-refractivity contribution in [3.05, 3.63) is 53.3 Å². The van der Waals surface area contributed by atoms with E-state index in [1.165, 1.54) is 22.3 Å². The van der Waals surface area contributed by atoms with Crippen molar-refractivity contribution in [2.24, 2.45) is 5.73 Å². The van der Waals surface area contributed by atoms with Gasteiger partial charge in [0.15, 0.2) is 0 Å². The minimum Gasteiger partial charge on any atom is -0.372 e. The summed E-state index contributed by atoms with van der Waals surface area (Å²) in [5, 5.41) is 0. The number of ether oxygens (including phenoxy) is 1. The van der Waals surface area contributed by atoms with Crippen LogP contribution in [-0.2, 0) is 11.2 Å². The molecule has 0 saturated carbocycles. The molecule has 1 aromatic carbocycles. The molecule has 3 heteroatoms. The lowest BCUT2D eigenvalue weighted by Crippen LogP contribution is -2.23. The van der Waals surface area contributed by atoms with Crippen LogP contribution < -0.4 is 5.73 Å². The number of nitrogens with zero attached hydrogens (tertiary/aromatic N) is 1. The van der Waals surface area contributed by atoms with Crippen LogP contribution >= 0.6 is 0 Å². The quantitative estimate of drug-likeness (QED) is 0.896. The van der Waals surface area contributed by atoms with Crippen molar-refractivity contribution >= 4 is 0 Å². The summed E-state index contributed by atoms with van der Waals surface area (Å²) in [6, 6.07) is 10.6. The van der Waals surface area contributed by atoms with Gasteiger partial charge in [0, 0.05) is 18.4 Å². The van der Waals surface area contributed by atoms with Gasteiger partial charge in [-0.1, -0.05) is 18.2 Å². The predicted octanol–water partition coefficient (Wildman–Crippen LogP) is 2.63. The molecule has 0 fully saturated rings. The zero-order valence-corrected chi connectivity index (χ0v) is 11.1. The van der Waals surface area contributed by atoms with Crippen molar-refractivity contribution in [1.29, 1.82) is 0 Å². The van der Waals surface area contributed by atoms with Gasteiger partial charge in [-0.2, -0.15) is 0 Å². The van der Waals surface area contributed by atoms with Gasteiger partial charge in [-0.05, 0) is 47.7 Å². The van der Waals surface area contributed by atoms with Crippen molar-refractivity contribution in [3.8, 4) is 11.1 Å². The third-order valence-corrected chi connectivity index (χ3v) is 3.65. The summed E-state index contributed by atoms with van der Waals surface area (Å²) < 4.78 is 5.73. The van der Waals surface area contributed by atoms with Crippen molar-refractivity contribution in [2.45, 2.75) is 19.4 Å². The van der Waals surface area contributed by atoms with E-state index in [0.717, 1.165) is 18.7 Å². The SMILES string of the molecule is Cc1cc(-c2cccc3c2CCOC3CN)ccn1. The molecule has 98 valence electrons. The Balaban J connectivity index is 2.13. The van der Waals surface area contributed by atoms with Crippen LogP contribution in [0, 0.1) is 6.92 Å². The zero-order chi connectivity index (χ0) is 13.2. The maximum absolute atomic E-state index is 5.80. The molecular weight excluding hydrogens is 236 g/mol. The number of nitrogens with two attached hydrogens (primary N) is 1. The normalized spacial score (nSPS) is 18.1. The third-order valence-electron chi connectivity index (χ3n) is 3.65. The molecule has 0 aliphatic carbocycles. The fourth-order valence-electron chi connectivity index (χ4n) is 2.76. The van der Waals surface area contributed by atoms with E-state index in [4.69, 9.17) is 10.5 Å². The first-order valence-corrected chi connectivity index (χ1v) is 6.66. The summed E-state index contributed by atoms with van der Waals surface area (Å²) in [7, 11) is 0. The molecule has 1 aliphatic rings. The highest BCUT2D eigenvalue weighted by atomic mass is 16.5. The Morgan fingerprint density at radius 2 is 2.26 bits per heavy atom. The van der Waals surface area contributed by atoms with E-state index >= 15 is 0 Å². The molecule has 0 radical (unpaired) electrons. The lowest BCUT2D eigenvalue weighted by atomic mass is 9.90. The van der Waals surface area contributed by atoms with Crippen LogP contribution in [0.2, 0.25) is 0 Å². The van der Waals surface area contributed by atoms with Crippen LogP contribution in [0.25, 0.3) is 11.1 Å². The topological polar surface area (TPSA) is 48.1 Å². The van der Waals surface area contributed by atoms with E-state index in [9.17, 15) is 0 Å². The molecule has 0 spiro atoms. The van der Waals surface area contributed by atoms with Crippen molar-refractivity contribution in [1.82, 2.24) is 4.98 Å². The fourth-order valence-corrected chi connectivity index (χ4v) is 2.76. The highest BCUT2D eigenvalue weighted by molar-refractivity contribution is 5.69. The third kappa shape index (κ3) is 2.27. The number of aryl methyl sites for hydroxylation is 1. The summed E-state index contributed by atoms with van der Waals surface area (Å²) in [6.07, 6.45) is 2.85. The second-order valence-corrected chi connectivity index (χ2v) is 4.90. The van der Waals surface area contributed by atoms with Gasteiger partial charge in [0.1, 0.15) is 0 Å². The fraction of sp³-hybridized carbons (Fsp3) is 0.312. The Morgan fingerprint density at radius 1 is 1.37 bits per heavy atom. The van der Waals surface area contributed by atoms with Crippen LogP contribution in [0.5, 0.6) is 0 Å². The maximum atomic E-state index is 5.80. The molecule has 1 unspecified atom stereocenters. The summed E-state index contributed by atoms with van der Waals surface area (Å²) in [6.45, 7) is 3.30. The lowest BCUT2D eigenvalue weighted by Gasteiger charge is -2.27.